The normalized spacial score (nSPS) is 10.1. The second kappa shape index (κ2) is 4.70. The highest BCUT2D eigenvalue weighted by atomic mass is 19.1. The number of hydrogen-bond acceptors (Lipinski definition) is 2. The number of carbonyl (C=O) groups excluding carboxylic acids is 1. The first-order valence-corrected chi connectivity index (χ1v) is 5.05. The molecule has 0 atom stereocenters. The Hall–Kier alpha value is -2.63. The fourth-order valence-electron chi connectivity index (χ4n) is 1.42. The van der Waals surface area contributed by atoms with E-state index in [4.69, 9.17) is 5.11 Å². The molecule has 1 heterocycles. The Bertz CT molecular complexity index is 593. The number of aromatic nitrogens is 1. The molecule has 92 valence electrons. The van der Waals surface area contributed by atoms with E-state index in [0.29, 0.717) is 0 Å². The summed E-state index contributed by atoms with van der Waals surface area (Å²) < 4.78 is 13.4. The van der Waals surface area contributed by atoms with Crippen molar-refractivity contribution in [2.75, 3.05) is 5.32 Å². The number of benzene rings is 1. The molecule has 0 radical (unpaired) electrons. The van der Waals surface area contributed by atoms with Crippen LogP contribution in [0.4, 0.5) is 10.1 Å². The van der Waals surface area contributed by atoms with E-state index in [2.05, 4.69) is 10.3 Å². The third kappa shape index (κ3) is 2.37. The van der Waals surface area contributed by atoms with E-state index in [1.807, 2.05) is 0 Å². The van der Waals surface area contributed by atoms with Gasteiger partial charge in [-0.05, 0) is 30.3 Å². The number of carbonyl (C=O) groups is 2. The van der Waals surface area contributed by atoms with E-state index in [0.717, 1.165) is 18.2 Å². The lowest BCUT2D eigenvalue weighted by Gasteiger charge is -2.06. The molecule has 3 N–H and O–H groups in total. The number of nitrogens with one attached hydrogen (secondary N) is 2. The van der Waals surface area contributed by atoms with Crippen molar-refractivity contribution in [3.8, 4) is 0 Å². The van der Waals surface area contributed by atoms with Crippen molar-refractivity contribution >= 4 is 17.6 Å². The first-order chi connectivity index (χ1) is 8.58. The van der Waals surface area contributed by atoms with Crippen LogP contribution in [-0.4, -0.2) is 22.0 Å². The number of amides is 1. The van der Waals surface area contributed by atoms with Gasteiger partial charge in [0, 0.05) is 6.20 Å². The van der Waals surface area contributed by atoms with E-state index < -0.39 is 17.7 Å². The van der Waals surface area contributed by atoms with Crippen LogP contribution in [0.15, 0.2) is 36.5 Å². The minimum atomic E-state index is -1.19. The molecular formula is C12H9FN2O3. The van der Waals surface area contributed by atoms with Crippen LogP contribution in [0.2, 0.25) is 0 Å². The number of H-pyrrole nitrogens is 1. The molecule has 0 saturated heterocycles. The number of anilines is 1. The second-order valence-corrected chi connectivity index (χ2v) is 3.54. The fourth-order valence-corrected chi connectivity index (χ4v) is 1.42. The zero-order chi connectivity index (χ0) is 13.1. The molecule has 0 aliphatic carbocycles. The number of rotatable bonds is 3. The lowest BCUT2D eigenvalue weighted by Crippen LogP contribution is -2.14. The quantitative estimate of drug-likeness (QED) is 0.777. The van der Waals surface area contributed by atoms with Crippen molar-refractivity contribution in [3.63, 3.8) is 0 Å². The Morgan fingerprint density at radius 3 is 2.67 bits per heavy atom. The molecule has 1 aromatic heterocycles. The number of aromatic carboxylic acids is 1. The predicted octanol–water partition coefficient (Wildman–Crippen LogP) is 2.10. The van der Waals surface area contributed by atoms with E-state index >= 15 is 0 Å². The number of carboxylic acid groups (broad SMARTS) is 1. The van der Waals surface area contributed by atoms with Gasteiger partial charge >= 0.3 is 5.97 Å². The highest BCUT2D eigenvalue weighted by molar-refractivity contribution is 6.03. The van der Waals surface area contributed by atoms with Gasteiger partial charge in [0.2, 0.25) is 0 Å². The summed E-state index contributed by atoms with van der Waals surface area (Å²) in [6.07, 6.45) is 1.55. The minimum absolute atomic E-state index is 0.0989. The van der Waals surface area contributed by atoms with Crippen LogP contribution in [0.25, 0.3) is 0 Å². The molecule has 0 saturated carbocycles. The molecule has 1 amide bonds. The Kier molecular flexibility index (Phi) is 3.09. The van der Waals surface area contributed by atoms with Crippen molar-refractivity contribution in [2.45, 2.75) is 0 Å². The minimum Gasteiger partial charge on any atom is -0.478 e. The molecule has 2 rings (SSSR count). The van der Waals surface area contributed by atoms with Gasteiger partial charge in [-0.2, -0.15) is 0 Å². The monoisotopic (exact) mass is 248 g/mol. The van der Waals surface area contributed by atoms with Gasteiger partial charge in [0.05, 0.1) is 11.3 Å². The summed E-state index contributed by atoms with van der Waals surface area (Å²) in [5, 5.41) is 11.1. The Morgan fingerprint density at radius 2 is 2.06 bits per heavy atom. The number of halogens is 1. The standard InChI is InChI=1S/C12H9FN2O3/c13-8-4-3-7(12(17)18)6-10(8)15-11(16)9-2-1-5-14-9/h1-6,14H,(H,15,16)(H,17,18). The van der Waals surface area contributed by atoms with Gasteiger partial charge in [0.15, 0.2) is 0 Å². The number of aromatic amines is 1. The van der Waals surface area contributed by atoms with Gasteiger partial charge in [-0.25, -0.2) is 9.18 Å². The lowest BCUT2D eigenvalue weighted by molar-refractivity contribution is 0.0696. The fraction of sp³-hybridized carbons (Fsp3) is 0. The molecular weight excluding hydrogens is 239 g/mol. The molecule has 6 heteroatoms. The van der Waals surface area contributed by atoms with E-state index in [9.17, 15) is 14.0 Å². The molecule has 0 bridgehead atoms. The largest absolute Gasteiger partial charge is 0.478 e. The van der Waals surface area contributed by atoms with E-state index in [-0.39, 0.29) is 16.9 Å². The Morgan fingerprint density at radius 1 is 1.28 bits per heavy atom. The smallest absolute Gasteiger partial charge is 0.335 e. The molecule has 0 aliphatic rings. The summed E-state index contributed by atoms with van der Waals surface area (Å²) in [4.78, 5) is 25.1. The van der Waals surface area contributed by atoms with Crippen LogP contribution in [-0.2, 0) is 0 Å². The van der Waals surface area contributed by atoms with Crippen molar-refractivity contribution < 1.29 is 19.1 Å². The van der Waals surface area contributed by atoms with Crippen LogP contribution >= 0.6 is 0 Å². The molecule has 0 aliphatic heterocycles. The van der Waals surface area contributed by atoms with E-state index in [1.54, 1.807) is 12.3 Å². The molecule has 0 fully saturated rings. The highest BCUT2D eigenvalue weighted by Crippen LogP contribution is 2.17. The molecule has 18 heavy (non-hydrogen) atoms. The summed E-state index contributed by atoms with van der Waals surface area (Å²) in [5.41, 5.74) is -0.0113. The number of hydrogen-bond donors (Lipinski definition) is 3. The van der Waals surface area contributed by atoms with Crippen LogP contribution in [0.5, 0.6) is 0 Å². The summed E-state index contributed by atoms with van der Waals surface area (Å²) in [6.45, 7) is 0. The first kappa shape index (κ1) is 11.8. The van der Waals surface area contributed by atoms with E-state index in [1.165, 1.54) is 6.07 Å². The summed E-state index contributed by atoms with van der Waals surface area (Å²) in [6, 6.07) is 6.33. The average Bonchev–Trinajstić information content (AvgIpc) is 2.85. The molecule has 5 nitrogen and oxygen atoms in total. The van der Waals surface area contributed by atoms with Gasteiger partial charge in [-0.3, -0.25) is 4.79 Å². The zero-order valence-corrected chi connectivity index (χ0v) is 9.11. The third-order valence-electron chi connectivity index (χ3n) is 2.30. The lowest BCUT2D eigenvalue weighted by atomic mass is 10.2. The Labute approximate surface area is 101 Å². The predicted molar refractivity (Wildman–Crippen MR) is 62.1 cm³/mol. The van der Waals surface area contributed by atoms with Crippen molar-refractivity contribution in [2.24, 2.45) is 0 Å². The maximum Gasteiger partial charge on any atom is 0.335 e. The Balaban J connectivity index is 2.26. The van der Waals surface area contributed by atoms with Crippen molar-refractivity contribution in [1.82, 2.24) is 4.98 Å². The van der Waals surface area contributed by atoms with Gasteiger partial charge in [-0.1, -0.05) is 0 Å². The third-order valence-corrected chi connectivity index (χ3v) is 2.30. The molecule has 0 unspecified atom stereocenters. The SMILES string of the molecule is O=C(O)c1ccc(F)c(NC(=O)c2ccc[nH]2)c1. The van der Waals surface area contributed by atoms with Gasteiger partial charge in [-0.15, -0.1) is 0 Å². The van der Waals surface area contributed by atoms with Gasteiger partial charge in [0.25, 0.3) is 5.91 Å². The molecule has 2 aromatic rings. The highest BCUT2D eigenvalue weighted by Gasteiger charge is 2.12. The topological polar surface area (TPSA) is 82.2 Å². The summed E-state index contributed by atoms with van der Waals surface area (Å²) in [5.74, 6) is -2.42. The zero-order valence-electron chi connectivity index (χ0n) is 9.11. The van der Waals surface area contributed by atoms with Crippen molar-refractivity contribution in [1.29, 1.82) is 0 Å². The maximum atomic E-state index is 13.4. The first-order valence-electron chi connectivity index (χ1n) is 5.05. The van der Waals surface area contributed by atoms with Crippen LogP contribution in [0, 0.1) is 5.82 Å². The van der Waals surface area contributed by atoms with Gasteiger partial charge in [0.1, 0.15) is 11.5 Å². The molecule has 0 spiro atoms. The van der Waals surface area contributed by atoms with Crippen LogP contribution in [0.3, 0.4) is 0 Å². The second-order valence-electron chi connectivity index (χ2n) is 3.54. The maximum absolute atomic E-state index is 13.4. The molecule has 1 aromatic carbocycles. The van der Waals surface area contributed by atoms with Crippen LogP contribution < -0.4 is 5.32 Å². The summed E-state index contributed by atoms with van der Waals surface area (Å²) >= 11 is 0. The average molecular weight is 248 g/mol. The van der Waals surface area contributed by atoms with Crippen LogP contribution in [0.1, 0.15) is 20.8 Å². The number of carboxylic acids is 1. The van der Waals surface area contributed by atoms with Gasteiger partial charge < -0.3 is 15.4 Å². The summed E-state index contributed by atoms with van der Waals surface area (Å²) in [7, 11) is 0. The van der Waals surface area contributed by atoms with Crippen molar-refractivity contribution in [3.05, 3.63) is 53.6 Å².